The highest BCUT2D eigenvalue weighted by atomic mass is 16.5. The van der Waals surface area contributed by atoms with E-state index in [1.54, 1.807) is 0 Å². The van der Waals surface area contributed by atoms with Gasteiger partial charge in [-0.25, -0.2) is 0 Å². The van der Waals surface area contributed by atoms with E-state index in [4.69, 9.17) is 11.2 Å². The first-order chi connectivity index (χ1) is 12.2. The highest BCUT2D eigenvalue weighted by Crippen LogP contribution is 2.17. The molecule has 5 nitrogen and oxygen atoms in total. The molecule has 0 spiro atoms. The molecule has 3 rings (SSSR count). The summed E-state index contributed by atoms with van der Waals surface area (Å²) in [6, 6.07) is 13.5. The molecule has 3 aromatic rings. The van der Waals surface area contributed by atoms with Crippen LogP contribution in [0.4, 0.5) is 0 Å². The number of terminal acetylenes is 1. The number of hydrogen-bond acceptors (Lipinski definition) is 3. The normalized spacial score (nSPS) is 10.4. The molecular formula is C20H19N3O2. The van der Waals surface area contributed by atoms with Gasteiger partial charge in [0.2, 0.25) is 0 Å². The predicted molar refractivity (Wildman–Crippen MR) is 97.6 cm³/mol. The first-order valence-corrected chi connectivity index (χ1v) is 8.05. The second-order valence-corrected chi connectivity index (χ2v) is 5.76. The number of carbonyl (C=O) groups excluding carboxylic acids is 1. The van der Waals surface area contributed by atoms with Gasteiger partial charge in [-0.2, -0.15) is 5.10 Å². The summed E-state index contributed by atoms with van der Waals surface area (Å²) in [4.78, 5) is 12.4. The molecule has 0 saturated carbocycles. The van der Waals surface area contributed by atoms with E-state index in [2.05, 4.69) is 21.4 Å². The van der Waals surface area contributed by atoms with Gasteiger partial charge in [0.25, 0.3) is 5.91 Å². The van der Waals surface area contributed by atoms with E-state index >= 15 is 0 Å². The van der Waals surface area contributed by atoms with Gasteiger partial charge in [0, 0.05) is 11.9 Å². The Morgan fingerprint density at radius 1 is 1.28 bits per heavy atom. The van der Waals surface area contributed by atoms with E-state index in [0.29, 0.717) is 12.2 Å². The van der Waals surface area contributed by atoms with Crippen LogP contribution in [0.3, 0.4) is 0 Å². The van der Waals surface area contributed by atoms with E-state index in [1.807, 2.05) is 49.4 Å². The Bertz CT molecular complexity index is 920. The number of benzene rings is 2. The molecule has 0 unspecified atom stereocenters. The number of ether oxygens (including phenoxy) is 1. The fraction of sp³-hybridized carbons (Fsp3) is 0.200. The third-order valence-corrected chi connectivity index (χ3v) is 3.88. The predicted octanol–water partition coefficient (Wildman–Crippen LogP) is 2.86. The second-order valence-electron chi connectivity index (χ2n) is 5.76. The minimum absolute atomic E-state index is 0.175. The van der Waals surface area contributed by atoms with Crippen molar-refractivity contribution >= 4 is 16.8 Å². The van der Waals surface area contributed by atoms with E-state index < -0.39 is 0 Å². The molecule has 2 N–H and O–H groups in total. The number of aromatic nitrogens is 2. The highest BCUT2D eigenvalue weighted by molar-refractivity contribution is 6.04. The SMILES string of the molecule is C#CCOc1ccc(CCNC(=O)c2n[nH]c3ccc(C)cc23)cc1. The fourth-order valence-corrected chi connectivity index (χ4v) is 2.58. The largest absolute Gasteiger partial charge is 0.481 e. The third-order valence-electron chi connectivity index (χ3n) is 3.88. The first-order valence-electron chi connectivity index (χ1n) is 8.05. The molecule has 0 aliphatic rings. The molecular weight excluding hydrogens is 314 g/mol. The van der Waals surface area contributed by atoms with Gasteiger partial charge in [-0.15, -0.1) is 6.42 Å². The number of carbonyl (C=O) groups is 1. The molecule has 1 aromatic heterocycles. The quantitative estimate of drug-likeness (QED) is 0.682. The molecule has 126 valence electrons. The van der Waals surface area contributed by atoms with Crippen LogP contribution in [0.15, 0.2) is 42.5 Å². The molecule has 0 aliphatic heterocycles. The summed E-state index contributed by atoms with van der Waals surface area (Å²) in [6.07, 6.45) is 5.89. The van der Waals surface area contributed by atoms with Crippen molar-refractivity contribution in [3.05, 3.63) is 59.3 Å². The molecule has 0 saturated heterocycles. The smallest absolute Gasteiger partial charge is 0.272 e. The van der Waals surface area contributed by atoms with E-state index in [-0.39, 0.29) is 12.5 Å². The molecule has 1 heterocycles. The van der Waals surface area contributed by atoms with Gasteiger partial charge >= 0.3 is 0 Å². The van der Waals surface area contributed by atoms with Crippen LogP contribution in [0.1, 0.15) is 21.6 Å². The maximum absolute atomic E-state index is 12.4. The van der Waals surface area contributed by atoms with Gasteiger partial charge in [0.1, 0.15) is 12.4 Å². The first kappa shape index (κ1) is 16.6. The number of amides is 1. The van der Waals surface area contributed by atoms with Crippen LogP contribution in [0, 0.1) is 19.3 Å². The Morgan fingerprint density at radius 2 is 2.08 bits per heavy atom. The van der Waals surface area contributed by atoms with Crippen molar-refractivity contribution in [2.45, 2.75) is 13.3 Å². The lowest BCUT2D eigenvalue weighted by Crippen LogP contribution is -2.26. The Kier molecular flexibility index (Phi) is 5.00. The van der Waals surface area contributed by atoms with Crippen molar-refractivity contribution in [3.8, 4) is 18.1 Å². The van der Waals surface area contributed by atoms with Gasteiger partial charge in [-0.3, -0.25) is 9.89 Å². The Balaban J connectivity index is 1.57. The third kappa shape index (κ3) is 3.99. The number of aromatic amines is 1. The van der Waals surface area contributed by atoms with Crippen LogP contribution in [-0.4, -0.2) is 29.3 Å². The molecule has 0 bridgehead atoms. The van der Waals surface area contributed by atoms with Crippen LogP contribution in [0.2, 0.25) is 0 Å². The standard InChI is InChI=1S/C20H19N3O2/c1-3-12-25-16-7-5-15(6-8-16)10-11-21-20(24)19-17-13-14(2)4-9-18(17)22-23-19/h1,4-9,13H,10-12H2,2H3,(H,21,24)(H,22,23). The number of hydrogen-bond donors (Lipinski definition) is 2. The van der Waals surface area contributed by atoms with Crippen molar-refractivity contribution in [3.63, 3.8) is 0 Å². The van der Waals surface area contributed by atoms with Gasteiger partial charge in [-0.1, -0.05) is 29.7 Å². The highest BCUT2D eigenvalue weighted by Gasteiger charge is 2.13. The molecule has 0 fully saturated rings. The lowest BCUT2D eigenvalue weighted by Gasteiger charge is -2.06. The zero-order valence-electron chi connectivity index (χ0n) is 14.0. The van der Waals surface area contributed by atoms with Crippen LogP contribution in [0.25, 0.3) is 10.9 Å². The average molecular weight is 333 g/mol. The number of aryl methyl sites for hydroxylation is 1. The minimum atomic E-state index is -0.175. The van der Waals surface area contributed by atoms with Crippen LogP contribution in [0.5, 0.6) is 5.75 Å². The van der Waals surface area contributed by atoms with Crippen LogP contribution in [-0.2, 0) is 6.42 Å². The van der Waals surface area contributed by atoms with E-state index in [0.717, 1.165) is 34.2 Å². The Hall–Kier alpha value is -3.26. The second kappa shape index (κ2) is 7.54. The van der Waals surface area contributed by atoms with E-state index in [1.165, 1.54) is 0 Å². The van der Waals surface area contributed by atoms with Gasteiger partial charge in [0.05, 0.1) is 5.52 Å². The van der Waals surface area contributed by atoms with Crippen molar-refractivity contribution in [1.29, 1.82) is 0 Å². The summed E-state index contributed by atoms with van der Waals surface area (Å²) in [5.74, 6) is 2.99. The van der Waals surface area contributed by atoms with Crippen molar-refractivity contribution in [1.82, 2.24) is 15.5 Å². The number of nitrogens with one attached hydrogen (secondary N) is 2. The monoisotopic (exact) mass is 333 g/mol. The minimum Gasteiger partial charge on any atom is -0.481 e. The van der Waals surface area contributed by atoms with Gasteiger partial charge in [0.15, 0.2) is 5.69 Å². The summed E-state index contributed by atoms with van der Waals surface area (Å²) in [5.41, 5.74) is 3.49. The molecule has 0 aliphatic carbocycles. The summed E-state index contributed by atoms with van der Waals surface area (Å²) >= 11 is 0. The molecule has 0 radical (unpaired) electrons. The number of rotatable bonds is 6. The van der Waals surface area contributed by atoms with Crippen molar-refractivity contribution in [2.75, 3.05) is 13.2 Å². The summed E-state index contributed by atoms with van der Waals surface area (Å²) in [6.45, 7) is 2.78. The van der Waals surface area contributed by atoms with Crippen molar-refractivity contribution in [2.24, 2.45) is 0 Å². The van der Waals surface area contributed by atoms with Crippen LogP contribution < -0.4 is 10.1 Å². The molecule has 5 heteroatoms. The number of H-pyrrole nitrogens is 1. The molecule has 25 heavy (non-hydrogen) atoms. The number of fused-ring (bicyclic) bond motifs is 1. The summed E-state index contributed by atoms with van der Waals surface area (Å²) < 4.78 is 5.33. The van der Waals surface area contributed by atoms with E-state index in [9.17, 15) is 4.79 Å². The average Bonchev–Trinajstić information content (AvgIpc) is 3.04. The lowest BCUT2D eigenvalue weighted by molar-refractivity contribution is 0.0950. The van der Waals surface area contributed by atoms with Crippen LogP contribution >= 0.6 is 0 Å². The maximum Gasteiger partial charge on any atom is 0.272 e. The summed E-state index contributed by atoms with van der Waals surface area (Å²) in [7, 11) is 0. The van der Waals surface area contributed by atoms with Gasteiger partial charge < -0.3 is 10.1 Å². The zero-order chi connectivity index (χ0) is 17.6. The molecule has 0 atom stereocenters. The zero-order valence-corrected chi connectivity index (χ0v) is 14.0. The lowest BCUT2D eigenvalue weighted by atomic mass is 10.1. The fourth-order valence-electron chi connectivity index (χ4n) is 2.58. The Morgan fingerprint density at radius 3 is 2.84 bits per heavy atom. The number of nitrogens with zero attached hydrogens (tertiary/aromatic N) is 1. The van der Waals surface area contributed by atoms with Crippen molar-refractivity contribution < 1.29 is 9.53 Å². The topological polar surface area (TPSA) is 67.0 Å². The van der Waals surface area contributed by atoms with Gasteiger partial charge in [-0.05, 0) is 43.2 Å². The molecule has 2 aromatic carbocycles. The summed E-state index contributed by atoms with van der Waals surface area (Å²) in [5, 5.41) is 10.8. The molecule has 1 amide bonds. The Labute approximate surface area is 146 Å². The maximum atomic E-state index is 12.4.